The lowest BCUT2D eigenvalue weighted by molar-refractivity contribution is -0.144. The molecule has 1 heterocycles. The molecule has 102 valence electrons. The van der Waals surface area contributed by atoms with Crippen molar-refractivity contribution in [1.29, 1.82) is 0 Å². The molecular formula is C14H17NO4. The number of carbonyl (C=O) groups is 1. The Labute approximate surface area is 111 Å². The fourth-order valence-electron chi connectivity index (χ4n) is 3.05. The van der Waals surface area contributed by atoms with Crippen molar-refractivity contribution in [3.05, 3.63) is 23.3 Å². The minimum Gasteiger partial charge on any atom is -0.469 e. The van der Waals surface area contributed by atoms with Gasteiger partial charge in [-0.15, -0.1) is 0 Å². The van der Waals surface area contributed by atoms with E-state index in [1.54, 1.807) is 0 Å². The molecule has 1 aromatic rings. The molecule has 0 aromatic heterocycles. The highest BCUT2D eigenvalue weighted by molar-refractivity contribution is 5.80. The van der Waals surface area contributed by atoms with Crippen molar-refractivity contribution < 1.29 is 19.0 Å². The molecule has 2 unspecified atom stereocenters. The minimum absolute atomic E-state index is 0.125. The number of hydrogen-bond donors (Lipinski definition) is 1. The predicted octanol–water partition coefficient (Wildman–Crippen LogP) is 1.19. The van der Waals surface area contributed by atoms with E-state index in [1.807, 2.05) is 12.1 Å². The molecule has 2 N–H and O–H groups in total. The van der Waals surface area contributed by atoms with Crippen LogP contribution in [0.15, 0.2) is 12.1 Å². The monoisotopic (exact) mass is 263 g/mol. The Hall–Kier alpha value is -1.75. The van der Waals surface area contributed by atoms with Gasteiger partial charge >= 0.3 is 5.97 Å². The van der Waals surface area contributed by atoms with Crippen LogP contribution in [-0.2, 0) is 16.0 Å². The number of rotatable bonds is 2. The highest BCUT2D eigenvalue weighted by Crippen LogP contribution is 2.46. The van der Waals surface area contributed by atoms with Gasteiger partial charge in [0.05, 0.1) is 13.0 Å². The number of ether oxygens (including phenoxy) is 3. The first-order valence-electron chi connectivity index (χ1n) is 6.45. The quantitative estimate of drug-likeness (QED) is 0.812. The summed E-state index contributed by atoms with van der Waals surface area (Å²) in [5.74, 6) is 1.14. The van der Waals surface area contributed by atoms with Crippen LogP contribution in [0.4, 0.5) is 0 Å². The summed E-state index contributed by atoms with van der Waals surface area (Å²) in [5, 5.41) is 0. The highest BCUT2D eigenvalue weighted by atomic mass is 16.7. The lowest BCUT2D eigenvalue weighted by atomic mass is 9.74. The summed E-state index contributed by atoms with van der Waals surface area (Å²) >= 11 is 0. The number of nitrogens with two attached hydrogens (primary N) is 1. The summed E-state index contributed by atoms with van der Waals surface area (Å²) in [7, 11) is 1.41. The molecule has 0 bridgehead atoms. The van der Waals surface area contributed by atoms with Crippen molar-refractivity contribution >= 4 is 5.97 Å². The minimum atomic E-state index is -0.298. The van der Waals surface area contributed by atoms with Gasteiger partial charge in [0.15, 0.2) is 11.5 Å². The van der Waals surface area contributed by atoms with Gasteiger partial charge in [-0.25, -0.2) is 0 Å². The van der Waals surface area contributed by atoms with E-state index in [2.05, 4.69) is 0 Å². The first-order valence-corrected chi connectivity index (χ1v) is 6.45. The number of methoxy groups -OCH3 is 1. The summed E-state index contributed by atoms with van der Waals surface area (Å²) in [4.78, 5) is 12.0. The second kappa shape index (κ2) is 4.74. The van der Waals surface area contributed by atoms with Crippen LogP contribution in [-0.4, -0.2) is 26.4 Å². The van der Waals surface area contributed by atoms with E-state index < -0.39 is 0 Å². The van der Waals surface area contributed by atoms with Crippen molar-refractivity contribution in [1.82, 2.24) is 0 Å². The van der Waals surface area contributed by atoms with E-state index in [1.165, 1.54) is 7.11 Å². The van der Waals surface area contributed by atoms with Gasteiger partial charge in [-0.1, -0.05) is 6.07 Å². The van der Waals surface area contributed by atoms with E-state index >= 15 is 0 Å². The van der Waals surface area contributed by atoms with Crippen LogP contribution in [0.25, 0.3) is 0 Å². The Morgan fingerprint density at radius 2 is 2.32 bits per heavy atom. The van der Waals surface area contributed by atoms with Crippen molar-refractivity contribution in [2.45, 2.75) is 18.8 Å². The Morgan fingerprint density at radius 3 is 3.05 bits per heavy atom. The van der Waals surface area contributed by atoms with Gasteiger partial charge in [0.2, 0.25) is 6.79 Å². The number of fused-ring (bicyclic) bond motifs is 3. The van der Waals surface area contributed by atoms with Crippen molar-refractivity contribution in [3.8, 4) is 11.5 Å². The van der Waals surface area contributed by atoms with E-state index in [-0.39, 0.29) is 24.6 Å². The van der Waals surface area contributed by atoms with Gasteiger partial charge in [0.25, 0.3) is 0 Å². The van der Waals surface area contributed by atoms with Crippen LogP contribution in [0.5, 0.6) is 11.5 Å². The van der Waals surface area contributed by atoms with E-state index in [0.717, 1.165) is 35.5 Å². The summed E-state index contributed by atoms with van der Waals surface area (Å²) in [6.07, 6.45) is 1.72. The topological polar surface area (TPSA) is 70.8 Å². The van der Waals surface area contributed by atoms with Gasteiger partial charge in [0, 0.05) is 5.56 Å². The summed E-state index contributed by atoms with van der Waals surface area (Å²) in [6, 6.07) is 3.79. The van der Waals surface area contributed by atoms with Crippen molar-refractivity contribution in [2.75, 3.05) is 20.4 Å². The molecule has 2 aliphatic rings. The summed E-state index contributed by atoms with van der Waals surface area (Å²) in [6.45, 7) is 0.725. The Bertz CT molecular complexity index is 514. The maximum Gasteiger partial charge on any atom is 0.313 e. The molecule has 5 heteroatoms. The number of carbonyl (C=O) groups excluding carboxylic acids is 1. The molecule has 0 saturated carbocycles. The lowest BCUT2D eigenvalue weighted by Gasteiger charge is -2.31. The van der Waals surface area contributed by atoms with Crippen molar-refractivity contribution in [2.24, 2.45) is 11.7 Å². The molecule has 1 aromatic carbocycles. The average molecular weight is 263 g/mol. The fraction of sp³-hybridized carbons (Fsp3) is 0.500. The second-order valence-electron chi connectivity index (χ2n) is 4.90. The zero-order chi connectivity index (χ0) is 13.4. The normalized spacial score (nSPS) is 23.9. The highest BCUT2D eigenvalue weighted by Gasteiger charge is 2.37. The lowest BCUT2D eigenvalue weighted by Crippen LogP contribution is -2.33. The molecule has 0 radical (unpaired) electrons. The molecule has 3 rings (SSSR count). The fourth-order valence-corrected chi connectivity index (χ4v) is 3.05. The molecule has 1 aliphatic carbocycles. The molecule has 0 spiro atoms. The van der Waals surface area contributed by atoms with Crippen LogP contribution in [0.1, 0.15) is 23.5 Å². The first-order chi connectivity index (χ1) is 9.26. The molecule has 0 saturated heterocycles. The number of benzene rings is 1. The SMILES string of the molecule is COC(=O)C1c2ccc3c(c2CCC1CN)OCO3. The third kappa shape index (κ3) is 1.85. The number of hydrogen-bond acceptors (Lipinski definition) is 5. The van der Waals surface area contributed by atoms with Crippen LogP contribution < -0.4 is 15.2 Å². The van der Waals surface area contributed by atoms with Gasteiger partial charge in [-0.2, -0.15) is 0 Å². The Kier molecular flexibility index (Phi) is 3.06. The smallest absolute Gasteiger partial charge is 0.313 e. The van der Waals surface area contributed by atoms with E-state index in [0.29, 0.717) is 6.54 Å². The molecule has 0 amide bonds. The van der Waals surface area contributed by atoms with Gasteiger partial charge in [-0.05, 0) is 36.9 Å². The Morgan fingerprint density at radius 1 is 1.47 bits per heavy atom. The van der Waals surface area contributed by atoms with Crippen LogP contribution >= 0.6 is 0 Å². The molecule has 1 aliphatic heterocycles. The van der Waals surface area contributed by atoms with Crippen molar-refractivity contribution in [3.63, 3.8) is 0 Å². The second-order valence-corrected chi connectivity index (χ2v) is 4.90. The molecule has 2 atom stereocenters. The molecule has 5 nitrogen and oxygen atoms in total. The van der Waals surface area contributed by atoms with E-state index in [9.17, 15) is 4.79 Å². The molecular weight excluding hydrogens is 246 g/mol. The largest absolute Gasteiger partial charge is 0.469 e. The maximum atomic E-state index is 12.0. The standard InChI is InChI=1S/C14H17NO4/c1-17-14(16)12-8(6-15)2-3-10-9(12)4-5-11-13(10)19-7-18-11/h4-5,8,12H,2-3,6-7,15H2,1H3. The van der Waals surface area contributed by atoms with Crippen LogP contribution in [0.2, 0.25) is 0 Å². The zero-order valence-electron chi connectivity index (χ0n) is 10.8. The maximum absolute atomic E-state index is 12.0. The summed E-state index contributed by atoms with van der Waals surface area (Å²) in [5.41, 5.74) is 7.83. The van der Waals surface area contributed by atoms with Gasteiger partial charge < -0.3 is 19.9 Å². The number of esters is 1. The zero-order valence-corrected chi connectivity index (χ0v) is 10.8. The van der Waals surface area contributed by atoms with Gasteiger partial charge in [-0.3, -0.25) is 4.79 Å². The third-order valence-electron chi connectivity index (χ3n) is 4.01. The molecule has 19 heavy (non-hydrogen) atoms. The average Bonchev–Trinajstić information content (AvgIpc) is 2.93. The van der Waals surface area contributed by atoms with Crippen LogP contribution in [0, 0.1) is 5.92 Å². The first kappa shape index (κ1) is 12.3. The Balaban J connectivity index is 2.08. The predicted molar refractivity (Wildman–Crippen MR) is 68.2 cm³/mol. The van der Waals surface area contributed by atoms with Crippen LogP contribution in [0.3, 0.4) is 0 Å². The third-order valence-corrected chi connectivity index (χ3v) is 4.01. The summed E-state index contributed by atoms with van der Waals surface area (Å²) < 4.78 is 15.8. The van der Waals surface area contributed by atoms with Gasteiger partial charge in [0.1, 0.15) is 0 Å². The van der Waals surface area contributed by atoms with E-state index in [4.69, 9.17) is 19.9 Å². The molecule has 0 fully saturated rings.